The first-order chi connectivity index (χ1) is 8.91. The number of hydrogen-bond donors (Lipinski definition) is 2. The summed E-state index contributed by atoms with van der Waals surface area (Å²) >= 11 is 0. The average molecular weight is 290 g/mol. The van der Waals surface area contributed by atoms with Crippen LogP contribution in [0.3, 0.4) is 0 Å². The Bertz CT molecular complexity index is 499. The minimum Gasteiger partial charge on any atom is -0.398 e. The molecule has 0 atom stereocenters. The molecule has 0 saturated heterocycles. The molecule has 1 rings (SSSR count). The van der Waals surface area contributed by atoms with E-state index in [4.69, 9.17) is 10.8 Å². The quantitative estimate of drug-likeness (QED) is 0.583. The minimum atomic E-state index is -3.92. The lowest BCUT2D eigenvalue weighted by atomic mass is 10.2. The molecule has 1 aromatic rings. The largest absolute Gasteiger partial charge is 0.398 e. The van der Waals surface area contributed by atoms with Crippen molar-refractivity contribution in [2.75, 3.05) is 25.9 Å². The Labute approximate surface area is 112 Å². The first kappa shape index (κ1) is 15.9. The van der Waals surface area contributed by atoms with Crippen molar-refractivity contribution in [1.82, 2.24) is 4.31 Å². The standard InChI is InChI=1S/C12H19FN2O3S/c1-15(8-3-2-4-9-16)19(17,18)12-10(13)6-5-7-11(12)14/h5-7,16H,2-4,8-9,14H2,1H3. The molecule has 3 N–H and O–H groups in total. The highest BCUT2D eigenvalue weighted by molar-refractivity contribution is 7.89. The second kappa shape index (κ2) is 6.83. The summed E-state index contributed by atoms with van der Waals surface area (Å²) in [5.41, 5.74) is 5.45. The highest BCUT2D eigenvalue weighted by Crippen LogP contribution is 2.24. The first-order valence-electron chi connectivity index (χ1n) is 6.02. The first-order valence-corrected chi connectivity index (χ1v) is 7.46. The third-order valence-electron chi connectivity index (χ3n) is 2.80. The third-order valence-corrected chi connectivity index (χ3v) is 4.75. The fourth-order valence-corrected chi connectivity index (χ4v) is 3.06. The van der Waals surface area contributed by atoms with Crippen molar-refractivity contribution in [1.29, 1.82) is 0 Å². The highest BCUT2D eigenvalue weighted by Gasteiger charge is 2.26. The van der Waals surface area contributed by atoms with Crippen LogP contribution >= 0.6 is 0 Å². The van der Waals surface area contributed by atoms with Crippen LogP contribution in [0.2, 0.25) is 0 Å². The maximum absolute atomic E-state index is 13.6. The Balaban J connectivity index is 2.85. The van der Waals surface area contributed by atoms with Gasteiger partial charge in [0.2, 0.25) is 10.0 Å². The summed E-state index contributed by atoms with van der Waals surface area (Å²) in [4.78, 5) is -0.473. The SMILES string of the molecule is CN(CCCCCO)S(=O)(=O)c1c(N)cccc1F. The van der Waals surface area contributed by atoms with Gasteiger partial charge in [-0.05, 0) is 31.4 Å². The number of nitrogens with two attached hydrogens (primary N) is 1. The molecule has 0 unspecified atom stereocenters. The lowest BCUT2D eigenvalue weighted by molar-refractivity contribution is 0.281. The fraction of sp³-hybridized carbons (Fsp3) is 0.500. The number of sulfonamides is 1. The number of halogens is 1. The zero-order valence-electron chi connectivity index (χ0n) is 10.8. The van der Waals surface area contributed by atoms with E-state index in [9.17, 15) is 12.8 Å². The molecular formula is C12H19FN2O3S. The number of anilines is 1. The topological polar surface area (TPSA) is 83.6 Å². The molecule has 0 heterocycles. The van der Waals surface area contributed by atoms with Gasteiger partial charge in [-0.3, -0.25) is 0 Å². The van der Waals surface area contributed by atoms with Crippen LogP contribution in [0.5, 0.6) is 0 Å². The summed E-state index contributed by atoms with van der Waals surface area (Å²) in [5.74, 6) is -0.845. The van der Waals surface area contributed by atoms with Gasteiger partial charge in [0.05, 0.1) is 5.69 Å². The van der Waals surface area contributed by atoms with Gasteiger partial charge in [0.1, 0.15) is 10.7 Å². The summed E-state index contributed by atoms with van der Waals surface area (Å²) in [6.07, 6.45) is 1.93. The van der Waals surface area contributed by atoms with Crippen LogP contribution in [-0.4, -0.2) is 38.0 Å². The number of unbranched alkanes of at least 4 members (excludes halogenated alkanes) is 2. The van der Waals surface area contributed by atoms with Gasteiger partial charge in [-0.25, -0.2) is 17.1 Å². The Kier molecular flexibility index (Phi) is 5.71. The van der Waals surface area contributed by atoms with Crippen molar-refractivity contribution in [3.05, 3.63) is 24.0 Å². The van der Waals surface area contributed by atoms with E-state index in [2.05, 4.69) is 0 Å². The van der Waals surface area contributed by atoms with Crippen LogP contribution in [-0.2, 0) is 10.0 Å². The van der Waals surface area contributed by atoms with E-state index >= 15 is 0 Å². The van der Waals surface area contributed by atoms with Crippen molar-refractivity contribution in [3.8, 4) is 0 Å². The van der Waals surface area contributed by atoms with Crippen LogP contribution in [0.1, 0.15) is 19.3 Å². The molecule has 19 heavy (non-hydrogen) atoms. The van der Waals surface area contributed by atoms with Crippen molar-refractivity contribution in [2.24, 2.45) is 0 Å². The Morgan fingerprint density at radius 3 is 2.58 bits per heavy atom. The predicted octanol–water partition coefficient (Wildman–Crippen LogP) is 1.19. The number of nitrogen functional groups attached to an aromatic ring is 1. The minimum absolute atomic E-state index is 0.0801. The maximum atomic E-state index is 13.6. The van der Waals surface area contributed by atoms with Gasteiger partial charge in [-0.15, -0.1) is 0 Å². The molecule has 0 fully saturated rings. The number of hydrogen-bond acceptors (Lipinski definition) is 4. The van der Waals surface area contributed by atoms with Crippen LogP contribution in [0, 0.1) is 5.82 Å². The molecule has 108 valence electrons. The van der Waals surface area contributed by atoms with Gasteiger partial charge < -0.3 is 10.8 Å². The molecule has 1 aromatic carbocycles. The normalized spacial score (nSPS) is 12.0. The van der Waals surface area contributed by atoms with Crippen LogP contribution in [0.4, 0.5) is 10.1 Å². The molecule has 0 bridgehead atoms. The van der Waals surface area contributed by atoms with E-state index in [-0.39, 0.29) is 18.8 Å². The molecule has 0 spiro atoms. The summed E-state index contributed by atoms with van der Waals surface area (Å²) in [5, 5.41) is 8.64. The Morgan fingerprint density at radius 1 is 1.32 bits per heavy atom. The van der Waals surface area contributed by atoms with Crippen molar-refractivity contribution >= 4 is 15.7 Å². The lowest BCUT2D eigenvalue weighted by Gasteiger charge is -2.18. The lowest BCUT2D eigenvalue weighted by Crippen LogP contribution is -2.29. The zero-order chi connectivity index (χ0) is 14.5. The van der Waals surface area contributed by atoms with Gasteiger partial charge in [-0.2, -0.15) is 0 Å². The van der Waals surface area contributed by atoms with Gasteiger partial charge in [-0.1, -0.05) is 6.07 Å². The monoisotopic (exact) mass is 290 g/mol. The molecule has 0 saturated carbocycles. The molecule has 5 nitrogen and oxygen atoms in total. The number of rotatable bonds is 7. The average Bonchev–Trinajstić information content (AvgIpc) is 2.33. The summed E-state index contributed by atoms with van der Waals surface area (Å²) in [6.45, 7) is 0.340. The van der Waals surface area contributed by atoms with Gasteiger partial charge in [0.25, 0.3) is 0 Å². The third kappa shape index (κ3) is 3.89. The van der Waals surface area contributed by atoms with Gasteiger partial charge in [0, 0.05) is 20.2 Å². The Morgan fingerprint density at radius 2 is 2.00 bits per heavy atom. The van der Waals surface area contributed by atoms with Crippen molar-refractivity contribution in [3.63, 3.8) is 0 Å². The van der Waals surface area contributed by atoms with Crippen LogP contribution < -0.4 is 5.73 Å². The Hall–Kier alpha value is -1.18. The van der Waals surface area contributed by atoms with Crippen molar-refractivity contribution in [2.45, 2.75) is 24.2 Å². The molecule has 0 amide bonds. The predicted molar refractivity (Wildman–Crippen MR) is 71.6 cm³/mol. The molecule has 0 aliphatic rings. The number of nitrogens with zero attached hydrogens (tertiary/aromatic N) is 1. The summed E-state index contributed by atoms with van der Waals surface area (Å²) < 4.78 is 39.1. The summed E-state index contributed by atoms with van der Waals surface area (Å²) in [7, 11) is -2.53. The fourth-order valence-electron chi connectivity index (χ4n) is 1.70. The second-order valence-electron chi connectivity index (χ2n) is 4.27. The summed E-state index contributed by atoms with van der Waals surface area (Å²) in [6, 6.07) is 3.79. The molecule has 7 heteroatoms. The number of aliphatic hydroxyl groups is 1. The second-order valence-corrected chi connectivity index (χ2v) is 6.25. The van der Waals surface area contributed by atoms with Crippen LogP contribution in [0.25, 0.3) is 0 Å². The molecule has 0 aliphatic heterocycles. The van der Waals surface area contributed by atoms with Gasteiger partial charge >= 0.3 is 0 Å². The van der Waals surface area contributed by atoms with E-state index in [0.29, 0.717) is 19.3 Å². The van der Waals surface area contributed by atoms with Crippen molar-refractivity contribution < 1.29 is 17.9 Å². The van der Waals surface area contributed by atoms with Gasteiger partial charge in [0.15, 0.2) is 0 Å². The van der Waals surface area contributed by atoms with Crippen LogP contribution in [0.15, 0.2) is 23.1 Å². The smallest absolute Gasteiger partial charge is 0.247 e. The number of benzene rings is 1. The van der Waals surface area contributed by atoms with E-state index in [1.807, 2.05) is 0 Å². The molecule has 0 aromatic heterocycles. The number of aliphatic hydroxyl groups excluding tert-OH is 1. The molecular weight excluding hydrogens is 271 g/mol. The van der Waals surface area contributed by atoms with E-state index in [1.54, 1.807) is 0 Å². The molecule has 0 radical (unpaired) electrons. The van der Waals surface area contributed by atoms with E-state index in [0.717, 1.165) is 10.4 Å². The van der Waals surface area contributed by atoms with E-state index < -0.39 is 20.7 Å². The maximum Gasteiger partial charge on any atom is 0.247 e. The van der Waals surface area contributed by atoms with E-state index in [1.165, 1.54) is 19.2 Å². The molecule has 0 aliphatic carbocycles. The highest BCUT2D eigenvalue weighted by atomic mass is 32.2. The zero-order valence-corrected chi connectivity index (χ0v) is 11.7.